The van der Waals surface area contributed by atoms with E-state index in [0.29, 0.717) is 5.69 Å². The van der Waals surface area contributed by atoms with E-state index in [4.69, 9.17) is 4.98 Å². The summed E-state index contributed by atoms with van der Waals surface area (Å²) in [6.07, 6.45) is 0.201. The molecule has 0 bridgehead atoms. The van der Waals surface area contributed by atoms with Crippen molar-refractivity contribution in [1.29, 1.82) is 0 Å². The Hall–Kier alpha value is -3.31. The van der Waals surface area contributed by atoms with Crippen molar-refractivity contribution < 1.29 is 9.18 Å². The van der Waals surface area contributed by atoms with Gasteiger partial charge < -0.3 is 5.32 Å². The number of rotatable bonds is 5. The van der Waals surface area contributed by atoms with Crippen LogP contribution in [-0.2, 0) is 11.2 Å². The SMILES string of the molecule is O=C(Cc1sc(-c2ccccc2)nc1-c1ccccc1)Nc1ccc(F)cc1. The lowest BCUT2D eigenvalue weighted by molar-refractivity contribution is -0.115. The molecule has 0 radical (unpaired) electrons. The third-order valence-electron chi connectivity index (χ3n) is 4.21. The number of carbonyl (C=O) groups is 1. The average Bonchev–Trinajstić information content (AvgIpc) is 3.15. The Morgan fingerprint density at radius 1 is 0.857 bits per heavy atom. The second kappa shape index (κ2) is 8.15. The van der Waals surface area contributed by atoms with Crippen molar-refractivity contribution in [2.75, 3.05) is 5.32 Å². The number of benzene rings is 3. The molecule has 1 amide bonds. The maximum atomic E-state index is 13.1. The first-order valence-corrected chi connectivity index (χ1v) is 9.66. The van der Waals surface area contributed by atoms with Gasteiger partial charge in [-0.15, -0.1) is 11.3 Å². The Bertz CT molecular complexity index is 1080. The number of amides is 1. The Balaban J connectivity index is 1.64. The van der Waals surface area contributed by atoms with Gasteiger partial charge in [0.15, 0.2) is 0 Å². The van der Waals surface area contributed by atoms with Gasteiger partial charge in [0.1, 0.15) is 10.8 Å². The van der Waals surface area contributed by atoms with E-state index < -0.39 is 0 Å². The van der Waals surface area contributed by atoms with E-state index in [1.807, 2.05) is 60.7 Å². The van der Waals surface area contributed by atoms with Gasteiger partial charge in [-0.2, -0.15) is 0 Å². The van der Waals surface area contributed by atoms with Crippen LogP contribution in [0.25, 0.3) is 21.8 Å². The number of halogens is 1. The number of nitrogens with zero attached hydrogens (tertiary/aromatic N) is 1. The summed E-state index contributed by atoms with van der Waals surface area (Å²) >= 11 is 1.52. The molecule has 1 N–H and O–H groups in total. The molecule has 1 aromatic heterocycles. The molecule has 5 heteroatoms. The van der Waals surface area contributed by atoms with Crippen LogP contribution in [0.2, 0.25) is 0 Å². The van der Waals surface area contributed by atoms with Crippen LogP contribution in [0.4, 0.5) is 10.1 Å². The summed E-state index contributed by atoms with van der Waals surface area (Å²) in [7, 11) is 0. The molecule has 3 aromatic carbocycles. The van der Waals surface area contributed by atoms with Gasteiger partial charge in [0, 0.05) is 21.7 Å². The van der Waals surface area contributed by atoms with Crippen LogP contribution in [0.1, 0.15) is 4.88 Å². The lowest BCUT2D eigenvalue weighted by Crippen LogP contribution is -2.14. The zero-order chi connectivity index (χ0) is 19.3. The fraction of sp³-hybridized carbons (Fsp3) is 0.0435. The number of anilines is 1. The van der Waals surface area contributed by atoms with Crippen LogP contribution in [0.15, 0.2) is 84.9 Å². The van der Waals surface area contributed by atoms with Crippen molar-refractivity contribution in [3.05, 3.63) is 95.6 Å². The molecular formula is C23H17FN2OS. The van der Waals surface area contributed by atoms with Gasteiger partial charge in [0.05, 0.1) is 12.1 Å². The predicted octanol–water partition coefficient (Wildman–Crippen LogP) is 5.80. The minimum atomic E-state index is -0.334. The van der Waals surface area contributed by atoms with Crippen molar-refractivity contribution in [3.8, 4) is 21.8 Å². The molecule has 0 spiro atoms. The fourth-order valence-corrected chi connectivity index (χ4v) is 3.97. The molecule has 0 fully saturated rings. The summed E-state index contributed by atoms with van der Waals surface area (Å²) < 4.78 is 13.1. The molecule has 28 heavy (non-hydrogen) atoms. The van der Waals surface area contributed by atoms with Crippen LogP contribution in [-0.4, -0.2) is 10.9 Å². The minimum Gasteiger partial charge on any atom is -0.326 e. The fourth-order valence-electron chi connectivity index (χ4n) is 2.88. The third-order valence-corrected chi connectivity index (χ3v) is 5.32. The van der Waals surface area contributed by atoms with Gasteiger partial charge in [-0.1, -0.05) is 60.7 Å². The first-order valence-electron chi connectivity index (χ1n) is 8.85. The van der Waals surface area contributed by atoms with E-state index in [2.05, 4.69) is 5.32 Å². The van der Waals surface area contributed by atoms with Gasteiger partial charge in [-0.25, -0.2) is 9.37 Å². The van der Waals surface area contributed by atoms with Crippen molar-refractivity contribution in [2.45, 2.75) is 6.42 Å². The summed E-state index contributed by atoms with van der Waals surface area (Å²) in [4.78, 5) is 18.3. The second-order valence-corrected chi connectivity index (χ2v) is 7.34. The number of hydrogen-bond acceptors (Lipinski definition) is 3. The molecule has 0 aliphatic rings. The quantitative estimate of drug-likeness (QED) is 0.470. The zero-order valence-electron chi connectivity index (χ0n) is 14.9. The highest BCUT2D eigenvalue weighted by Crippen LogP contribution is 2.34. The van der Waals surface area contributed by atoms with Gasteiger partial charge >= 0.3 is 0 Å². The molecule has 0 saturated heterocycles. The molecule has 4 aromatic rings. The Morgan fingerprint density at radius 2 is 1.46 bits per heavy atom. The van der Waals surface area contributed by atoms with E-state index >= 15 is 0 Å². The van der Waals surface area contributed by atoms with Crippen molar-refractivity contribution in [1.82, 2.24) is 4.98 Å². The number of thiazole rings is 1. The summed E-state index contributed by atoms with van der Waals surface area (Å²) in [6.45, 7) is 0. The molecule has 0 saturated carbocycles. The second-order valence-electron chi connectivity index (χ2n) is 6.25. The number of carbonyl (C=O) groups excluding carboxylic acids is 1. The molecule has 0 atom stereocenters. The normalized spacial score (nSPS) is 10.6. The van der Waals surface area contributed by atoms with Crippen molar-refractivity contribution >= 4 is 22.9 Å². The Labute approximate surface area is 166 Å². The van der Waals surface area contributed by atoms with E-state index in [1.54, 1.807) is 12.1 Å². The Kier molecular flexibility index (Phi) is 5.26. The maximum absolute atomic E-state index is 13.1. The predicted molar refractivity (Wildman–Crippen MR) is 112 cm³/mol. The maximum Gasteiger partial charge on any atom is 0.229 e. The molecule has 4 rings (SSSR count). The first-order chi connectivity index (χ1) is 13.7. The highest BCUT2D eigenvalue weighted by atomic mass is 32.1. The molecule has 0 aliphatic heterocycles. The summed E-state index contributed by atoms with van der Waals surface area (Å²) in [5.74, 6) is -0.494. The lowest BCUT2D eigenvalue weighted by Gasteiger charge is -2.05. The van der Waals surface area contributed by atoms with Crippen LogP contribution in [0.5, 0.6) is 0 Å². The summed E-state index contributed by atoms with van der Waals surface area (Å²) in [5.41, 5.74) is 3.39. The van der Waals surface area contributed by atoms with Gasteiger partial charge in [0.2, 0.25) is 5.91 Å². The van der Waals surface area contributed by atoms with Crippen LogP contribution in [0, 0.1) is 5.82 Å². The highest BCUT2D eigenvalue weighted by molar-refractivity contribution is 7.15. The summed E-state index contributed by atoms with van der Waals surface area (Å²) in [6, 6.07) is 25.5. The third kappa shape index (κ3) is 4.15. The zero-order valence-corrected chi connectivity index (χ0v) is 15.7. The Morgan fingerprint density at radius 3 is 2.11 bits per heavy atom. The number of nitrogens with one attached hydrogen (secondary N) is 1. The van der Waals surface area contributed by atoms with Crippen LogP contribution in [0.3, 0.4) is 0 Å². The standard InChI is InChI=1S/C23H17FN2OS/c24-18-11-13-19(14-12-18)25-21(27)15-20-22(16-7-3-1-4-8-16)26-23(28-20)17-9-5-2-6-10-17/h1-14H,15H2,(H,25,27). The molecule has 0 aliphatic carbocycles. The van der Waals surface area contributed by atoms with Crippen molar-refractivity contribution in [2.24, 2.45) is 0 Å². The molecule has 138 valence electrons. The molecule has 0 unspecified atom stereocenters. The lowest BCUT2D eigenvalue weighted by atomic mass is 10.1. The van der Waals surface area contributed by atoms with E-state index in [9.17, 15) is 9.18 Å². The largest absolute Gasteiger partial charge is 0.326 e. The molecule has 1 heterocycles. The summed E-state index contributed by atoms with van der Waals surface area (Å²) in [5, 5.41) is 3.70. The molecule has 3 nitrogen and oxygen atoms in total. The number of hydrogen-bond donors (Lipinski definition) is 1. The molecular weight excluding hydrogens is 371 g/mol. The smallest absolute Gasteiger partial charge is 0.229 e. The van der Waals surface area contributed by atoms with Crippen molar-refractivity contribution in [3.63, 3.8) is 0 Å². The van der Waals surface area contributed by atoms with Crippen LogP contribution >= 0.6 is 11.3 Å². The first kappa shape index (κ1) is 18.1. The van der Waals surface area contributed by atoms with E-state index in [0.717, 1.165) is 26.7 Å². The minimum absolute atomic E-state index is 0.160. The topological polar surface area (TPSA) is 42.0 Å². The van der Waals surface area contributed by atoms with Gasteiger partial charge in [0.25, 0.3) is 0 Å². The van der Waals surface area contributed by atoms with E-state index in [-0.39, 0.29) is 18.1 Å². The monoisotopic (exact) mass is 388 g/mol. The van der Waals surface area contributed by atoms with E-state index in [1.165, 1.54) is 23.5 Å². The number of aromatic nitrogens is 1. The average molecular weight is 388 g/mol. The highest BCUT2D eigenvalue weighted by Gasteiger charge is 2.17. The van der Waals surface area contributed by atoms with Gasteiger partial charge in [-0.05, 0) is 24.3 Å². The van der Waals surface area contributed by atoms with Gasteiger partial charge in [-0.3, -0.25) is 4.79 Å². The van der Waals surface area contributed by atoms with Crippen LogP contribution < -0.4 is 5.32 Å².